The second-order valence-corrected chi connectivity index (χ2v) is 3.83. The van der Waals surface area contributed by atoms with E-state index in [1.807, 2.05) is 31.3 Å². The molecule has 0 aliphatic rings. The highest BCUT2D eigenvalue weighted by Crippen LogP contribution is 2.13. The Morgan fingerprint density at radius 3 is 2.56 bits per heavy atom. The maximum atomic E-state index is 11.1. The SMILES string of the molecule is CC(=O)c1ccc(N(C)CCNC=S)cc1. The molecule has 1 N–H and O–H groups in total. The van der Waals surface area contributed by atoms with Crippen LogP contribution in [-0.4, -0.2) is 31.4 Å². The van der Waals surface area contributed by atoms with E-state index >= 15 is 0 Å². The number of nitrogens with one attached hydrogen (secondary N) is 1. The van der Waals surface area contributed by atoms with Crippen LogP contribution >= 0.6 is 12.2 Å². The summed E-state index contributed by atoms with van der Waals surface area (Å²) in [5, 5.41) is 2.97. The van der Waals surface area contributed by atoms with Crippen molar-refractivity contribution in [3.8, 4) is 0 Å². The highest BCUT2D eigenvalue weighted by atomic mass is 32.1. The number of thiocarbonyl (C=S) groups is 1. The molecule has 1 aromatic carbocycles. The molecule has 0 aliphatic carbocycles. The molecule has 1 rings (SSSR count). The molecule has 4 heteroatoms. The first-order valence-electron chi connectivity index (χ1n) is 5.14. The van der Waals surface area contributed by atoms with E-state index in [-0.39, 0.29) is 5.78 Å². The van der Waals surface area contributed by atoms with E-state index in [1.54, 1.807) is 6.92 Å². The molecule has 1 aromatic rings. The summed E-state index contributed by atoms with van der Waals surface area (Å²) in [7, 11) is 2.01. The Kier molecular flexibility index (Phi) is 4.92. The average Bonchev–Trinajstić information content (AvgIpc) is 2.29. The van der Waals surface area contributed by atoms with Gasteiger partial charge in [-0.15, -0.1) is 0 Å². The molecule has 0 saturated heterocycles. The molecule has 0 amide bonds. The quantitative estimate of drug-likeness (QED) is 0.464. The first-order valence-corrected chi connectivity index (χ1v) is 5.61. The lowest BCUT2D eigenvalue weighted by atomic mass is 10.1. The number of ketones is 1. The molecule has 0 atom stereocenters. The van der Waals surface area contributed by atoms with Crippen LogP contribution in [0, 0.1) is 0 Å². The summed E-state index contributed by atoms with van der Waals surface area (Å²) in [5.41, 5.74) is 3.36. The van der Waals surface area contributed by atoms with Gasteiger partial charge in [-0.1, -0.05) is 12.2 Å². The summed E-state index contributed by atoms with van der Waals surface area (Å²) in [6, 6.07) is 7.60. The number of likely N-dealkylation sites (N-methyl/N-ethyl adjacent to an activating group) is 1. The third kappa shape index (κ3) is 3.62. The van der Waals surface area contributed by atoms with Crippen LogP contribution in [0.5, 0.6) is 0 Å². The number of hydrogen-bond donors (Lipinski definition) is 1. The minimum atomic E-state index is 0.0941. The first-order chi connectivity index (χ1) is 7.65. The van der Waals surface area contributed by atoms with Crippen LogP contribution in [-0.2, 0) is 0 Å². The molecule has 16 heavy (non-hydrogen) atoms. The molecule has 0 aliphatic heterocycles. The van der Waals surface area contributed by atoms with Gasteiger partial charge in [0.1, 0.15) is 0 Å². The van der Waals surface area contributed by atoms with Crippen LogP contribution in [0.4, 0.5) is 5.69 Å². The summed E-state index contributed by atoms with van der Waals surface area (Å²) in [6.07, 6.45) is 0. The molecular formula is C12H16N2OS. The van der Waals surface area contributed by atoms with E-state index < -0.39 is 0 Å². The highest BCUT2D eigenvalue weighted by Gasteiger charge is 2.02. The zero-order valence-corrected chi connectivity index (χ0v) is 10.4. The number of carbonyl (C=O) groups is 1. The van der Waals surface area contributed by atoms with Gasteiger partial charge in [0, 0.05) is 31.4 Å². The number of anilines is 1. The van der Waals surface area contributed by atoms with Crippen LogP contribution in [0.25, 0.3) is 0 Å². The van der Waals surface area contributed by atoms with Crippen molar-refractivity contribution in [2.75, 3.05) is 25.0 Å². The topological polar surface area (TPSA) is 32.3 Å². The van der Waals surface area contributed by atoms with E-state index in [0.29, 0.717) is 0 Å². The molecule has 0 bridgehead atoms. The molecule has 0 saturated carbocycles. The summed E-state index contributed by atoms with van der Waals surface area (Å²) >= 11 is 4.67. The van der Waals surface area contributed by atoms with Gasteiger partial charge in [-0.05, 0) is 31.2 Å². The summed E-state index contributed by atoms with van der Waals surface area (Å²) in [5.74, 6) is 0.0941. The van der Waals surface area contributed by atoms with E-state index in [9.17, 15) is 4.79 Å². The van der Waals surface area contributed by atoms with Crippen LogP contribution in [0.3, 0.4) is 0 Å². The predicted molar refractivity (Wildman–Crippen MR) is 71.4 cm³/mol. The Morgan fingerprint density at radius 1 is 1.44 bits per heavy atom. The fourth-order valence-corrected chi connectivity index (χ4v) is 1.49. The highest BCUT2D eigenvalue weighted by molar-refractivity contribution is 7.78. The fraction of sp³-hybridized carbons (Fsp3) is 0.333. The molecule has 86 valence electrons. The minimum absolute atomic E-state index is 0.0941. The van der Waals surface area contributed by atoms with Crippen molar-refractivity contribution in [3.63, 3.8) is 0 Å². The van der Waals surface area contributed by atoms with Gasteiger partial charge in [0.25, 0.3) is 0 Å². The van der Waals surface area contributed by atoms with Crippen molar-refractivity contribution in [3.05, 3.63) is 29.8 Å². The summed E-state index contributed by atoms with van der Waals surface area (Å²) in [6.45, 7) is 3.25. The molecule has 0 fully saturated rings. The van der Waals surface area contributed by atoms with Gasteiger partial charge in [-0.25, -0.2) is 0 Å². The number of hydrogen-bond acceptors (Lipinski definition) is 3. The van der Waals surface area contributed by atoms with Crippen LogP contribution < -0.4 is 10.2 Å². The number of benzene rings is 1. The Balaban J connectivity index is 2.59. The van der Waals surface area contributed by atoms with Gasteiger partial charge in [0.15, 0.2) is 5.78 Å². The van der Waals surface area contributed by atoms with E-state index in [0.717, 1.165) is 24.3 Å². The molecule has 0 spiro atoms. The van der Waals surface area contributed by atoms with Gasteiger partial charge >= 0.3 is 0 Å². The molecule has 0 aromatic heterocycles. The number of Topliss-reactive ketones (excluding diaryl/α,β-unsaturated/α-hetero) is 1. The molecule has 0 heterocycles. The molecule has 0 unspecified atom stereocenters. The lowest BCUT2D eigenvalue weighted by molar-refractivity contribution is 0.101. The minimum Gasteiger partial charge on any atom is -0.380 e. The van der Waals surface area contributed by atoms with Crippen LogP contribution in [0.1, 0.15) is 17.3 Å². The van der Waals surface area contributed by atoms with Crippen LogP contribution in [0.2, 0.25) is 0 Å². The molecule has 3 nitrogen and oxygen atoms in total. The summed E-state index contributed by atoms with van der Waals surface area (Å²) in [4.78, 5) is 13.2. The van der Waals surface area contributed by atoms with Crippen molar-refractivity contribution in [2.45, 2.75) is 6.92 Å². The monoisotopic (exact) mass is 236 g/mol. The third-order valence-electron chi connectivity index (χ3n) is 2.39. The average molecular weight is 236 g/mol. The van der Waals surface area contributed by atoms with Gasteiger partial charge < -0.3 is 10.2 Å². The van der Waals surface area contributed by atoms with Crippen molar-refractivity contribution >= 4 is 29.2 Å². The molecule has 0 radical (unpaired) electrons. The molecular weight excluding hydrogens is 220 g/mol. The number of nitrogens with zero attached hydrogens (tertiary/aromatic N) is 1. The van der Waals surface area contributed by atoms with E-state index in [1.165, 1.54) is 5.49 Å². The number of rotatable bonds is 6. The first kappa shape index (κ1) is 12.6. The second kappa shape index (κ2) is 6.23. The Bertz CT molecular complexity index is 362. The fourth-order valence-electron chi connectivity index (χ4n) is 1.37. The van der Waals surface area contributed by atoms with Crippen LogP contribution in [0.15, 0.2) is 24.3 Å². The Hall–Kier alpha value is -1.42. The van der Waals surface area contributed by atoms with Crippen molar-refractivity contribution < 1.29 is 4.79 Å². The third-order valence-corrected chi connectivity index (χ3v) is 2.56. The maximum Gasteiger partial charge on any atom is 0.159 e. The Morgan fingerprint density at radius 2 is 2.06 bits per heavy atom. The van der Waals surface area contributed by atoms with Crippen molar-refractivity contribution in [1.29, 1.82) is 0 Å². The predicted octanol–water partition coefficient (Wildman–Crippen LogP) is 1.87. The number of carbonyl (C=O) groups excluding carboxylic acids is 1. The zero-order chi connectivity index (χ0) is 12.0. The normalized spacial score (nSPS) is 9.62. The van der Waals surface area contributed by atoms with E-state index in [2.05, 4.69) is 22.4 Å². The van der Waals surface area contributed by atoms with E-state index in [4.69, 9.17) is 0 Å². The van der Waals surface area contributed by atoms with Gasteiger partial charge in [0.05, 0.1) is 5.49 Å². The lowest BCUT2D eigenvalue weighted by Gasteiger charge is -2.19. The van der Waals surface area contributed by atoms with Gasteiger partial charge in [0.2, 0.25) is 0 Å². The van der Waals surface area contributed by atoms with Crippen molar-refractivity contribution in [2.24, 2.45) is 0 Å². The zero-order valence-electron chi connectivity index (χ0n) is 9.56. The van der Waals surface area contributed by atoms with Crippen molar-refractivity contribution in [1.82, 2.24) is 5.32 Å². The smallest absolute Gasteiger partial charge is 0.159 e. The Labute approximate surface area is 101 Å². The second-order valence-electron chi connectivity index (χ2n) is 3.60. The standard InChI is InChI=1S/C12H16N2OS/c1-10(15)11-3-5-12(6-4-11)14(2)8-7-13-9-16/h3-6,9H,7-8H2,1-2H3,(H,13,16). The summed E-state index contributed by atoms with van der Waals surface area (Å²) < 4.78 is 0. The lowest BCUT2D eigenvalue weighted by Crippen LogP contribution is -2.27. The van der Waals surface area contributed by atoms with Gasteiger partial charge in [-0.2, -0.15) is 0 Å². The maximum absolute atomic E-state index is 11.1. The van der Waals surface area contributed by atoms with Gasteiger partial charge in [-0.3, -0.25) is 4.79 Å². The largest absolute Gasteiger partial charge is 0.380 e.